The molecule has 0 spiro atoms. The van der Waals surface area contributed by atoms with Crippen LogP contribution in [0.1, 0.15) is 18.9 Å². The Morgan fingerprint density at radius 3 is 2.57 bits per heavy atom. The summed E-state index contributed by atoms with van der Waals surface area (Å²) in [5.41, 5.74) is 7.78. The summed E-state index contributed by atoms with van der Waals surface area (Å²) in [4.78, 5) is 4.60. The predicted octanol–water partition coefficient (Wildman–Crippen LogP) is 1.74. The monoisotopic (exact) mass is 341 g/mol. The van der Waals surface area contributed by atoms with E-state index in [2.05, 4.69) is 22.8 Å². The minimum Gasteiger partial charge on any atom is -0.493 e. The topological polar surface area (TPSA) is 62.0 Å². The van der Waals surface area contributed by atoms with Crippen molar-refractivity contribution in [3.63, 3.8) is 0 Å². The van der Waals surface area contributed by atoms with Gasteiger partial charge in [-0.15, -0.1) is 0 Å². The minimum absolute atomic E-state index is 0.334. The highest BCUT2D eigenvalue weighted by Crippen LogP contribution is 2.37. The quantitative estimate of drug-likeness (QED) is 0.791. The largest absolute Gasteiger partial charge is 0.493 e. The summed E-state index contributed by atoms with van der Waals surface area (Å²) >= 11 is 6.36. The molecule has 1 aliphatic heterocycles. The van der Waals surface area contributed by atoms with Crippen LogP contribution in [-0.2, 0) is 6.42 Å². The predicted molar refractivity (Wildman–Crippen MR) is 95.7 cm³/mol. The van der Waals surface area contributed by atoms with Gasteiger partial charge >= 0.3 is 0 Å². The van der Waals surface area contributed by atoms with E-state index in [-0.39, 0.29) is 6.10 Å². The maximum Gasteiger partial charge on any atom is 0.160 e. The van der Waals surface area contributed by atoms with Crippen molar-refractivity contribution >= 4 is 17.3 Å². The second-order valence-corrected chi connectivity index (χ2v) is 6.41. The fourth-order valence-electron chi connectivity index (χ4n) is 3.03. The average molecular weight is 342 g/mol. The van der Waals surface area contributed by atoms with Gasteiger partial charge in [-0.2, -0.15) is 0 Å². The average Bonchev–Trinajstić information content (AvgIpc) is 2.55. The molecule has 0 saturated carbocycles. The van der Waals surface area contributed by atoms with E-state index in [1.807, 2.05) is 6.07 Å². The van der Waals surface area contributed by atoms with E-state index in [1.54, 1.807) is 7.11 Å². The Hall–Kier alpha value is -1.01. The van der Waals surface area contributed by atoms with E-state index in [9.17, 15) is 5.11 Å². The van der Waals surface area contributed by atoms with Crippen molar-refractivity contribution in [2.24, 2.45) is 5.73 Å². The Morgan fingerprint density at radius 2 is 2.00 bits per heavy atom. The van der Waals surface area contributed by atoms with Crippen LogP contribution in [0.3, 0.4) is 0 Å². The molecule has 6 heteroatoms. The molecule has 1 aromatic rings. The van der Waals surface area contributed by atoms with Gasteiger partial charge in [0.25, 0.3) is 0 Å². The maximum atomic E-state index is 9.90. The molecule has 0 radical (unpaired) electrons. The third kappa shape index (κ3) is 4.73. The van der Waals surface area contributed by atoms with E-state index in [4.69, 9.17) is 22.1 Å². The van der Waals surface area contributed by atoms with Gasteiger partial charge in [0.15, 0.2) is 5.75 Å². The zero-order chi connectivity index (χ0) is 16.8. The number of piperazine rings is 1. The molecule has 0 aromatic heterocycles. The number of nitrogens with zero attached hydrogens (tertiary/aromatic N) is 2. The number of hydrogen-bond donors (Lipinski definition) is 2. The Kier molecular flexibility index (Phi) is 6.96. The number of aryl methyl sites for hydroxylation is 1. The molecule has 2 rings (SSSR count). The number of aliphatic hydroxyl groups is 1. The van der Waals surface area contributed by atoms with Crippen molar-refractivity contribution in [1.29, 1.82) is 0 Å². The lowest BCUT2D eigenvalue weighted by atomic mass is 10.1. The molecule has 0 aliphatic carbocycles. The third-order valence-corrected chi connectivity index (χ3v) is 4.66. The second-order valence-electron chi connectivity index (χ2n) is 6.00. The maximum absolute atomic E-state index is 9.90. The Labute approximate surface area is 144 Å². The summed E-state index contributed by atoms with van der Waals surface area (Å²) in [6, 6.07) is 4.15. The van der Waals surface area contributed by atoms with Gasteiger partial charge in [0.05, 0.1) is 23.9 Å². The Balaban J connectivity index is 2.03. The molecule has 1 atom stereocenters. The highest BCUT2D eigenvalue weighted by molar-refractivity contribution is 6.32. The van der Waals surface area contributed by atoms with E-state index >= 15 is 0 Å². The zero-order valence-electron chi connectivity index (χ0n) is 14.1. The third-order valence-electron chi connectivity index (χ3n) is 4.38. The number of benzene rings is 1. The molecule has 23 heavy (non-hydrogen) atoms. The summed E-state index contributed by atoms with van der Waals surface area (Å²) in [5.74, 6) is 0.750. The standard InChI is InChI=1S/C17H28ClN3O2/c1-3-13-10-15(18)17(23-2)16(11-13)21-8-6-20(7-9-21)12-14(22)4-5-19/h10-11,14,22H,3-9,12,19H2,1-2H3/t14-/m0/s1. The highest BCUT2D eigenvalue weighted by atomic mass is 35.5. The van der Waals surface area contributed by atoms with Crippen molar-refractivity contribution in [3.05, 3.63) is 22.7 Å². The number of hydrogen-bond acceptors (Lipinski definition) is 5. The molecule has 1 aromatic carbocycles. The lowest BCUT2D eigenvalue weighted by molar-refractivity contribution is 0.104. The molecule has 0 bridgehead atoms. The first kappa shape index (κ1) is 18.3. The zero-order valence-corrected chi connectivity index (χ0v) is 14.9. The smallest absolute Gasteiger partial charge is 0.160 e. The molecule has 1 saturated heterocycles. The summed E-state index contributed by atoms with van der Waals surface area (Å²) < 4.78 is 5.51. The molecular weight excluding hydrogens is 314 g/mol. The lowest BCUT2D eigenvalue weighted by Crippen LogP contribution is -2.48. The van der Waals surface area contributed by atoms with Gasteiger partial charge in [0.2, 0.25) is 0 Å². The van der Waals surface area contributed by atoms with Crippen molar-refractivity contribution in [3.8, 4) is 5.75 Å². The summed E-state index contributed by atoms with van der Waals surface area (Å²) in [6.45, 7) is 6.97. The number of methoxy groups -OCH3 is 1. The fraction of sp³-hybridized carbons (Fsp3) is 0.647. The summed E-state index contributed by atoms with van der Waals surface area (Å²) in [5, 5.41) is 10.6. The van der Waals surface area contributed by atoms with Gasteiger partial charge in [0.1, 0.15) is 0 Å². The van der Waals surface area contributed by atoms with Gasteiger partial charge < -0.3 is 20.5 Å². The SMILES string of the molecule is CCc1cc(Cl)c(OC)c(N2CCN(C[C@@H](O)CCN)CC2)c1. The molecule has 5 nitrogen and oxygen atoms in total. The molecule has 1 heterocycles. The number of ether oxygens (including phenoxy) is 1. The van der Waals surface area contributed by atoms with Crippen LogP contribution in [0, 0.1) is 0 Å². The van der Waals surface area contributed by atoms with Crippen LogP contribution in [0.5, 0.6) is 5.75 Å². The van der Waals surface area contributed by atoms with Crippen molar-refractivity contribution in [2.75, 3.05) is 51.3 Å². The van der Waals surface area contributed by atoms with Crippen molar-refractivity contribution in [2.45, 2.75) is 25.9 Å². The fourth-order valence-corrected chi connectivity index (χ4v) is 3.34. The van der Waals surface area contributed by atoms with Crippen LogP contribution in [0.4, 0.5) is 5.69 Å². The Morgan fingerprint density at radius 1 is 1.30 bits per heavy atom. The van der Waals surface area contributed by atoms with Crippen LogP contribution >= 0.6 is 11.6 Å². The molecule has 1 fully saturated rings. The van der Waals surface area contributed by atoms with Gasteiger partial charge in [0, 0.05) is 32.7 Å². The normalized spacial score (nSPS) is 17.3. The van der Waals surface area contributed by atoms with E-state index < -0.39 is 0 Å². The van der Waals surface area contributed by atoms with Gasteiger partial charge in [-0.05, 0) is 37.1 Å². The van der Waals surface area contributed by atoms with Crippen LogP contribution in [0.15, 0.2) is 12.1 Å². The number of β-amino-alcohol motifs (C(OH)–C–C–N with tert-alkyl or cyclic N) is 1. The number of aliphatic hydroxyl groups excluding tert-OH is 1. The first-order valence-corrected chi connectivity index (χ1v) is 8.68. The number of anilines is 1. The minimum atomic E-state index is -0.334. The molecule has 0 amide bonds. The van der Waals surface area contributed by atoms with Crippen molar-refractivity contribution < 1.29 is 9.84 Å². The molecular formula is C17H28ClN3O2. The van der Waals surface area contributed by atoms with Gasteiger partial charge in [-0.25, -0.2) is 0 Å². The van der Waals surface area contributed by atoms with E-state index in [0.29, 0.717) is 24.5 Å². The first-order valence-electron chi connectivity index (χ1n) is 8.30. The summed E-state index contributed by atoms with van der Waals surface area (Å²) in [7, 11) is 1.66. The lowest BCUT2D eigenvalue weighted by Gasteiger charge is -2.37. The Bertz CT molecular complexity index is 505. The number of halogens is 1. The molecule has 130 valence electrons. The first-order chi connectivity index (χ1) is 11.1. The number of nitrogens with two attached hydrogens (primary N) is 1. The summed E-state index contributed by atoms with van der Waals surface area (Å²) in [6.07, 6.45) is 1.27. The molecule has 1 aliphatic rings. The van der Waals surface area contributed by atoms with Gasteiger partial charge in [-0.1, -0.05) is 18.5 Å². The van der Waals surface area contributed by atoms with E-state index in [1.165, 1.54) is 5.56 Å². The van der Waals surface area contributed by atoms with Crippen LogP contribution in [0.2, 0.25) is 5.02 Å². The van der Waals surface area contributed by atoms with Crippen LogP contribution in [0.25, 0.3) is 0 Å². The van der Waals surface area contributed by atoms with Crippen molar-refractivity contribution in [1.82, 2.24) is 4.90 Å². The van der Waals surface area contributed by atoms with E-state index in [0.717, 1.165) is 44.0 Å². The molecule has 3 N–H and O–H groups in total. The van der Waals surface area contributed by atoms with Crippen LogP contribution in [-0.4, -0.2) is 62.5 Å². The van der Waals surface area contributed by atoms with Gasteiger partial charge in [-0.3, -0.25) is 4.90 Å². The highest BCUT2D eigenvalue weighted by Gasteiger charge is 2.22. The van der Waals surface area contributed by atoms with Crippen LogP contribution < -0.4 is 15.4 Å². The molecule has 0 unspecified atom stereocenters. The second kappa shape index (κ2) is 8.73. The number of rotatable bonds is 7.